The van der Waals surface area contributed by atoms with Crippen LogP contribution < -0.4 is 10.1 Å². The third kappa shape index (κ3) is 7.19. The molecular weight excluding hydrogens is 434 g/mol. The minimum absolute atomic E-state index is 0.103. The average molecular weight is 470 g/mol. The Hall–Kier alpha value is -3.60. The van der Waals surface area contributed by atoms with Crippen LogP contribution in [0.1, 0.15) is 43.1 Å². The van der Waals surface area contributed by atoms with Gasteiger partial charge in [0.1, 0.15) is 11.6 Å². The summed E-state index contributed by atoms with van der Waals surface area (Å²) in [6.45, 7) is 4.33. The molecule has 0 aliphatic heterocycles. The number of carbonyl (C=O) groups excluding carboxylic acids is 1. The number of hydrogen-bond acceptors (Lipinski definition) is 3. The Morgan fingerprint density at radius 1 is 0.886 bits per heavy atom. The van der Waals surface area contributed by atoms with E-state index in [-0.39, 0.29) is 5.91 Å². The number of imidazole rings is 1. The number of nitrogens with one attached hydrogen (secondary N) is 1. The topological polar surface area (TPSA) is 56.1 Å². The molecule has 0 aliphatic rings. The molecule has 5 nitrogen and oxygen atoms in total. The van der Waals surface area contributed by atoms with Crippen LogP contribution in [-0.4, -0.2) is 28.6 Å². The molecule has 0 saturated carbocycles. The van der Waals surface area contributed by atoms with Gasteiger partial charge in [0.25, 0.3) is 0 Å². The molecule has 4 aromatic rings. The lowest BCUT2D eigenvalue weighted by Crippen LogP contribution is -2.25. The third-order valence-corrected chi connectivity index (χ3v) is 6.24. The summed E-state index contributed by atoms with van der Waals surface area (Å²) in [7, 11) is 0. The number of hydrogen-bond donors (Lipinski definition) is 1. The van der Waals surface area contributed by atoms with Crippen molar-refractivity contribution in [1.29, 1.82) is 0 Å². The van der Waals surface area contributed by atoms with E-state index in [1.54, 1.807) is 0 Å². The number of aryl methyl sites for hydroxylation is 4. The zero-order valence-electron chi connectivity index (χ0n) is 20.6. The van der Waals surface area contributed by atoms with Crippen molar-refractivity contribution in [2.45, 2.75) is 52.0 Å². The van der Waals surface area contributed by atoms with Crippen molar-refractivity contribution in [2.24, 2.45) is 0 Å². The number of ether oxygens (including phenoxy) is 1. The molecule has 0 saturated heterocycles. The summed E-state index contributed by atoms with van der Waals surface area (Å²) in [5, 5.41) is 3.06. The van der Waals surface area contributed by atoms with Gasteiger partial charge in [-0.05, 0) is 61.1 Å². The molecule has 0 atom stereocenters. The first kappa shape index (κ1) is 24.5. The lowest BCUT2D eigenvalue weighted by atomic mass is 10.1. The minimum atomic E-state index is 0.103. The van der Waals surface area contributed by atoms with Crippen molar-refractivity contribution in [3.8, 4) is 5.75 Å². The molecule has 5 heteroatoms. The molecule has 0 radical (unpaired) electrons. The van der Waals surface area contributed by atoms with E-state index in [4.69, 9.17) is 9.72 Å². The zero-order valence-corrected chi connectivity index (χ0v) is 20.6. The second kappa shape index (κ2) is 12.7. The van der Waals surface area contributed by atoms with E-state index in [2.05, 4.69) is 59.3 Å². The average Bonchev–Trinajstić information content (AvgIpc) is 3.26. The van der Waals surface area contributed by atoms with Crippen LogP contribution >= 0.6 is 0 Å². The van der Waals surface area contributed by atoms with E-state index in [1.165, 1.54) is 11.1 Å². The molecule has 0 unspecified atom stereocenters. The molecule has 35 heavy (non-hydrogen) atoms. The van der Waals surface area contributed by atoms with Gasteiger partial charge >= 0.3 is 0 Å². The number of amides is 1. The molecule has 0 bridgehead atoms. The summed E-state index contributed by atoms with van der Waals surface area (Å²) >= 11 is 0. The van der Waals surface area contributed by atoms with Crippen LogP contribution in [-0.2, 0) is 30.6 Å². The minimum Gasteiger partial charge on any atom is -0.494 e. The van der Waals surface area contributed by atoms with Crippen LogP contribution in [0.5, 0.6) is 5.75 Å². The summed E-state index contributed by atoms with van der Waals surface area (Å²) in [6.07, 6.45) is 4.91. The SMILES string of the molecule is CCc1ccc(OCCCn2c(CCCNC(=O)CCc3ccccc3)nc3ccccc32)cc1. The number of rotatable bonds is 13. The highest BCUT2D eigenvalue weighted by molar-refractivity contribution is 5.76. The van der Waals surface area contributed by atoms with Crippen molar-refractivity contribution in [2.75, 3.05) is 13.2 Å². The quantitative estimate of drug-likeness (QED) is 0.254. The molecule has 182 valence electrons. The van der Waals surface area contributed by atoms with E-state index >= 15 is 0 Å². The summed E-state index contributed by atoms with van der Waals surface area (Å²) in [4.78, 5) is 17.1. The lowest BCUT2D eigenvalue weighted by molar-refractivity contribution is -0.121. The fourth-order valence-corrected chi connectivity index (χ4v) is 4.27. The standard InChI is InChI=1S/C30H35N3O2/c1-2-24-15-18-26(19-16-24)35-23-9-22-33-28-13-7-6-12-27(28)32-29(33)14-8-21-31-30(34)20-17-25-10-4-3-5-11-25/h3-7,10-13,15-16,18-19H,2,8-9,14,17,20-23H2,1H3,(H,31,34). The molecule has 4 rings (SSSR count). The van der Waals surface area contributed by atoms with Crippen LogP contribution in [0.25, 0.3) is 11.0 Å². The first-order chi connectivity index (χ1) is 17.2. The van der Waals surface area contributed by atoms with Crippen LogP contribution in [0.2, 0.25) is 0 Å². The van der Waals surface area contributed by atoms with Gasteiger partial charge in [-0.2, -0.15) is 0 Å². The van der Waals surface area contributed by atoms with Crippen LogP contribution in [0.15, 0.2) is 78.9 Å². The Labute approximate surface area is 208 Å². The molecule has 1 N–H and O–H groups in total. The lowest BCUT2D eigenvalue weighted by Gasteiger charge is -2.11. The van der Waals surface area contributed by atoms with Crippen molar-refractivity contribution in [3.05, 3.63) is 95.8 Å². The van der Waals surface area contributed by atoms with Gasteiger partial charge in [0.2, 0.25) is 5.91 Å². The fraction of sp³-hybridized carbons (Fsp3) is 0.333. The molecular formula is C30H35N3O2. The van der Waals surface area contributed by atoms with Crippen molar-refractivity contribution >= 4 is 16.9 Å². The number of nitrogens with zero attached hydrogens (tertiary/aromatic N) is 2. The molecule has 1 amide bonds. The summed E-state index contributed by atoms with van der Waals surface area (Å²) in [5.41, 5.74) is 4.68. The highest BCUT2D eigenvalue weighted by Gasteiger charge is 2.11. The number of fused-ring (bicyclic) bond motifs is 1. The van der Waals surface area contributed by atoms with Crippen LogP contribution in [0.4, 0.5) is 0 Å². The number of aromatic nitrogens is 2. The third-order valence-electron chi connectivity index (χ3n) is 6.24. The van der Waals surface area contributed by atoms with Crippen molar-refractivity contribution in [1.82, 2.24) is 14.9 Å². The van der Waals surface area contributed by atoms with Gasteiger partial charge in [0.05, 0.1) is 17.6 Å². The number of carbonyl (C=O) groups is 1. The predicted octanol–water partition coefficient (Wildman–Crippen LogP) is 5.75. The largest absolute Gasteiger partial charge is 0.494 e. The molecule has 3 aromatic carbocycles. The van der Waals surface area contributed by atoms with Gasteiger partial charge in [-0.15, -0.1) is 0 Å². The Balaban J connectivity index is 1.25. The van der Waals surface area contributed by atoms with Gasteiger partial charge in [0, 0.05) is 25.9 Å². The Morgan fingerprint density at radius 3 is 2.46 bits per heavy atom. The van der Waals surface area contributed by atoms with E-state index in [0.29, 0.717) is 19.6 Å². The van der Waals surface area contributed by atoms with Gasteiger partial charge in [-0.1, -0.05) is 61.5 Å². The Kier molecular flexibility index (Phi) is 8.93. The first-order valence-electron chi connectivity index (χ1n) is 12.7. The molecule has 0 spiro atoms. The fourth-order valence-electron chi connectivity index (χ4n) is 4.27. The van der Waals surface area contributed by atoms with E-state index < -0.39 is 0 Å². The predicted molar refractivity (Wildman–Crippen MR) is 142 cm³/mol. The summed E-state index contributed by atoms with van der Waals surface area (Å²) < 4.78 is 8.26. The van der Waals surface area contributed by atoms with Gasteiger partial charge in [0.15, 0.2) is 0 Å². The number of benzene rings is 3. The second-order valence-electron chi connectivity index (χ2n) is 8.81. The first-order valence-corrected chi connectivity index (χ1v) is 12.7. The van der Waals surface area contributed by atoms with Gasteiger partial charge < -0.3 is 14.6 Å². The van der Waals surface area contributed by atoms with Crippen LogP contribution in [0.3, 0.4) is 0 Å². The second-order valence-corrected chi connectivity index (χ2v) is 8.81. The molecule has 1 heterocycles. The normalized spacial score (nSPS) is 11.0. The van der Waals surface area contributed by atoms with E-state index in [0.717, 1.165) is 61.3 Å². The van der Waals surface area contributed by atoms with Crippen LogP contribution in [0, 0.1) is 0 Å². The van der Waals surface area contributed by atoms with E-state index in [1.807, 2.05) is 36.4 Å². The van der Waals surface area contributed by atoms with Gasteiger partial charge in [-0.3, -0.25) is 4.79 Å². The maximum atomic E-state index is 12.2. The molecule has 0 aliphatic carbocycles. The van der Waals surface area contributed by atoms with Crippen molar-refractivity contribution in [3.63, 3.8) is 0 Å². The maximum absolute atomic E-state index is 12.2. The monoisotopic (exact) mass is 469 g/mol. The van der Waals surface area contributed by atoms with E-state index in [9.17, 15) is 4.79 Å². The van der Waals surface area contributed by atoms with Gasteiger partial charge in [-0.25, -0.2) is 4.98 Å². The summed E-state index contributed by atoms with van der Waals surface area (Å²) in [6, 6.07) is 26.7. The molecule has 1 aromatic heterocycles. The highest BCUT2D eigenvalue weighted by Crippen LogP contribution is 2.18. The Bertz CT molecular complexity index is 1200. The molecule has 0 fully saturated rings. The zero-order chi connectivity index (χ0) is 24.3. The maximum Gasteiger partial charge on any atom is 0.220 e. The highest BCUT2D eigenvalue weighted by atomic mass is 16.5. The number of para-hydroxylation sites is 2. The van der Waals surface area contributed by atoms with Crippen molar-refractivity contribution < 1.29 is 9.53 Å². The smallest absolute Gasteiger partial charge is 0.220 e. The summed E-state index contributed by atoms with van der Waals surface area (Å²) in [5.74, 6) is 2.09. The Morgan fingerprint density at radius 2 is 1.66 bits per heavy atom.